The molecule has 1 N–H and O–H groups in total. The summed E-state index contributed by atoms with van der Waals surface area (Å²) in [7, 11) is 3.25. The predicted octanol–water partition coefficient (Wildman–Crippen LogP) is 4.34. The van der Waals surface area contributed by atoms with Gasteiger partial charge in [-0.1, -0.05) is 38.8 Å². The Balaban J connectivity index is 0.000000873. The summed E-state index contributed by atoms with van der Waals surface area (Å²) in [6, 6.07) is 5.91. The monoisotopic (exact) mass is 252 g/mol. The van der Waals surface area contributed by atoms with E-state index in [9.17, 15) is 5.11 Å². The van der Waals surface area contributed by atoms with E-state index in [4.69, 9.17) is 0 Å². The molecular weight excluding hydrogens is 224 g/mol. The van der Waals surface area contributed by atoms with E-state index >= 15 is 0 Å². The van der Waals surface area contributed by atoms with Gasteiger partial charge in [0, 0.05) is 14.2 Å². The topological polar surface area (TPSA) is 29.5 Å². The van der Waals surface area contributed by atoms with Crippen LogP contribution in [0.5, 0.6) is 5.75 Å². The number of rotatable bonds is 6. The Labute approximate surface area is 112 Å². The van der Waals surface area contributed by atoms with Crippen LogP contribution in [0.3, 0.4) is 0 Å². The second-order valence-electron chi connectivity index (χ2n) is 4.53. The van der Waals surface area contributed by atoms with Crippen LogP contribution in [0, 0.1) is 0 Å². The van der Waals surface area contributed by atoms with E-state index in [-0.39, 0.29) is 0 Å². The van der Waals surface area contributed by atoms with E-state index in [1.165, 1.54) is 30.4 Å². The normalized spacial score (nSPS) is 9.78. The number of phenolic OH excluding ortho intramolecular Hbond substituents is 1. The Kier molecular flexibility index (Phi) is 10.5. The second kappa shape index (κ2) is 11.1. The van der Waals surface area contributed by atoms with Crippen LogP contribution in [0.2, 0.25) is 0 Å². The van der Waals surface area contributed by atoms with Crippen molar-refractivity contribution in [1.29, 1.82) is 0 Å². The van der Waals surface area contributed by atoms with Crippen LogP contribution < -0.4 is 0 Å². The highest BCUT2D eigenvalue weighted by Gasteiger charge is 2.06. The maximum Gasteiger partial charge on any atom is 0.119 e. The molecule has 0 saturated heterocycles. The molecule has 18 heavy (non-hydrogen) atoms. The molecule has 104 valence electrons. The van der Waals surface area contributed by atoms with Gasteiger partial charge in [-0.3, -0.25) is 0 Å². The third-order valence-corrected chi connectivity index (χ3v) is 2.83. The molecule has 0 atom stereocenters. The quantitative estimate of drug-likeness (QED) is 0.816. The van der Waals surface area contributed by atoms with Crippen molar-refractivity contribution in [3.63, 3.8) is 0 Å². The first kappa shape index (κ1) is 17.0. The number of phenols is 1. The van der Waals surface area contributed by atoms with Gasteiger partial charge in [-0.15, -0.1) is 0 Å². The number of methoxy groups -OCH3 is 1. The molecule has 0 heterocycles. The fourth-order valence-electron chi connectivity index (χ4n) is 1.86. The zero-order chi connectivity index (χ0) is 13.8. The fraction of sp³-hybridized carbons (Fsp3) is 0.625. The van der Waals surface area contributed by atoms with Gasteiger partial charge >= 0.3 is 0 Å². The van der Waals surface area contributed by atoms with Crippen molar-refractivity contribution < 1.29 is 9.84 Å². The Hall–Kier alpha value is -1.02. The van der Waals surface area contributed by atoms with Crippen molar-refractivity contribution >= 4 is 0 Å². The zero-order valence-corrected chi connectivity index (χ0v) is 12.3. The molecule has 0 unspecified atom stereocenters. The van der Waals surface area contributed by atoms with Gasteiger partial charge in [0.1, 0.15) is 5.75 Å². The lowest BCUT2D eigenvalue weighted by molar-refractivity contribution is 0.277. The molecule has 0 fully saturated rings. The number of aryl methyl sites for hydroxylation is 1. The summed E-state index contributed by atoms with van der Waals surface area (Å²) in [5.74, 6) is 0.483. The highest BCUT2D eigenvalue weighted by molar-refractivity contribution is 5.39. The SMILES string of the molecule is CCCCc1cccc(O)c1CCCC.COC. The molecule has 0 saturated carbocycles. The molecule has 1 aromatic carbocycles. The van der Waals surface area contributed by atoms with Gasteiger partial charge in [0.25, 0.3) is 0 Å². The van der Waals surface area contributed by atoms with Gasteiger partial charge < -0.3 is 9.84 Å². The van der Waals surface area contributed by atoms with Crippen LogP contribution in [0.25, 0.3) is 0 Å². The number of benzene rings is 1. The molecule has 0 aliphatic carbocycles. The number of hydrogen-bond donors (Lipinski definition) is 1. The first-order valence-corrected chi connectivity index (χ1v) is 6.91. The van der Waals surface area contributed by atoms with Crippen molar-refractivity contribution in [2.24, 2.45) is 0 Å². The number of ether oxygens (including phenoxy) is 1. The van der Waals surface area contributed by atoms with E-state index in [2.05, 4.69) is 24.7 Å². The summed E-state index contributed by atoms with van der Waals surface area (Å²) in [6.45, 7) is 4.39. The summed E-state index contributed by atoms with van der Waals surface area (Å²) in [5, 5.41) is 9.82. The third-order valence-electron chi connectivity index (χ3n) is 2.83. The van der Waals surface area contributed by atoms with E-state index in [0.717, 1.165) is 19.3 Å². The molecule has 1 aromatic rings. The molecule has 0 radical (unpaired) electrons. The Bertz CT molecular complexity index is 308. The average molecular weight is 252 g/mol. The smallest absolute Gasteiger partial charge is 0.119 e. The minimum Gasteiger partial charge on any atom is -0.508 e. The van der Waals surface area contributed by atoms with Gasteiger partial charge in [0.15, 0.2) is 0 Å². The molecule has 2 heteroatoms. The molecule has 0 spiro atoms. The molecular formula is C16H28O2. The molecule has 1 rings (SSSR count). The highest BCUT2D eigenvalue weighted by Crippen LogP contribution is 2.24. The molecule has 0 aliphatic rings. The summed E-state index contributed by atoms with van der Waals surface area (Å²) < 4.78 is 4.25. The minimum absolute atomic E-state index is 0.483. The number of hydrogen-bond acceptors (Lipinski definition) is 2. The first-order chi connectivity index (χ1) is 8.71. The molecule has 0 bridgehead atoms. The summed E-state index contributed by atoms with van der Waals surface area (Å²) in [5.41, 5.74) is 2.51. The number of unbranched alkanes of at least 4 members (excludes halogenated alkanes) is 2. The van der Waals surface area contributed by atoms with Crippen LogP contribution in [-0.4, -0.2) is 19.3 Å². The standard InChI is InChI=1S/C14H22O.C2H6O/c1-3-5-8-12-9-7-11-14(15)13(12)10-6-4-2;1-3-2/h7,9,11,15H,3-6,8,10H2,1-2H3;1-2H3. The van der Waals surface area contributed by atoms with Gasteiger partial charge in [0.05, 0.1) is 0 Å². The van der Waals surface area contributed by atoms with E-state index in [1.54, 1.807) is 20.3 Å². The van der Waals surface area contributed by atoms with Gasteiger partial charge in [-0.05, 0) is 42.9 Å². The second-order valence-corrected chi connectivity index (χ2v) is 4.53. The van der Waals surface area contributed by atoms with E-state index in [1.807, 2.05) is 6.07 Å². The molecule has 0 aliphatic heterocycles. The van der Waals surface area contributed by atoms with Gasteiger partial charge in [0.2, 0.25) is 0 Å². The van der Waals surface area contributed by atoms with Gasteiger partial charge in [-0.25, -0.2) is 0 Å². The van der Waals surface area contributed by atoms with E-state index in [0.29, 0.717) is 5.75 Å². The van der Waals surface area contributed by atoms with Crippen LogP contribution in [-0.2, 0) is 17.6 Å². The molecule has 0 amide bonds. The lowest BCUT2D eigenvalue weighted by atomic mass is 9.97. The van der Waals surface area contributed by atoms with Crippen molar-refractivity contribution in [2.45, 2.75) is 52.4 Å². The summed E-state index contributed by atoms with van der Waals surface area (Å²) in [4.78, 5) is 0. The van der Waals surface area contributed by atoms with Crippen molar-refractivity contribution in [3.8, 4) is 5.75 Å². The Morgan fingerprint density at radius 2 is 1.56 bits per heavy atom. The Morgan fingerprint density at radius 3 is 2.11 bits per heavy atom. The predicted molar refractivity (Wildman–Crippen MR) is 78.3 cm³/mol. The van der Waals surface area contributed by atoms with Crippen molar-refractivity contribution in [1.82, 2.24) is 0 Å². The van der Waals surface area contributed by atoms with Crippen LogP contribution >= 0.6 is 0 Å². The minimum atomic E-state index is 0.483. The maximum atomic E-state index is 9.82. The van der Waals surface area contributed by atoms with Crippen LogP contribution in [0.1, 0.15) is 50.7 Å². The summed E-state index contributed by atoms with van der Waals surface area (Å²) in [6.07, 6.45) is 6.88. The third kappa shape index (κ3) is 6.65. The maximum absolute atomic E-state index is 9.82. The average Bonchev–Trinajstić information content (AvgIpc) is 2.36. The van der Waals surface area contributed by atoms with Crippen LogP contribution in [0.4, 0.5) is 0 Å². The highest BCUT2D eigenvalue weighted by atomic mass is 16.4. The molecule has 2 nitrogen and oxygen atoms in total. The Morgan fingerprint density at radius 1 is 1.00 bits per heavy atom. The number of aromatic hydroxyl groups is 1. The fourth-order valence-corrected chi connectivity index (χ4v) is 1.86. The van der Waals surface area contributed by atoms with Gasteiger partial charge in [-0.2, -0.15) is 0 Å². The van der Waals surface area contributed by atoms with Crippen LogP contribution in [0.15, 0.2) is 18.2 Å². The van der Waals surface area contributed by atoms with Crippen molar-refractivity contribution in [2.75, 3.05) is 14.2 Å². The lowest BCUT2D eigenvalue weighted by Gasteiger charge is -2.10. The van der Waals surface area contributed by atoms with Crippen molar-refractivity contribution in [3.05, 3.63) is 29.3 Å². The largest absolute Gasteiger partial charge is 0.508 e. The van der Waals surface area contributed by atoms with E-state index < -0.39 is 0 Å². The molecule has 0 aromatic heterocycles. The lowest BCUT2D eigenvalue weighted by Crippen LogP contribution is -1.95. The first-order valence-electron chi connectivity index (χ1n) is 6.91. The summed E-state index contributed by atoms with van der Waals surface area (Å²) >= 11 is 0. The zero-order valence-electron chi connectivity index (χ0n) is 12.3.